The van der Waals surface area contributed by atoms with Gasteiger partial charge in [-0.05, 0) is 86.3 Å². The van der Waals surface area contributed by atoms with E-state index < -0.39 is 10.0 Å². The van der Waals surface area contributed by atoms with Gasteiger partial charge in [-0.3, -0.25) is 4.79 Å². The molecule has 1 aliphatic heterocycles. The van der Waals surface area contributed by atoms with Crippen LogP contribution in [0, 0.1) is 5.92 Å². The summed E-state index contributed by atoms with van der Waals surface area (Å²) < 4.78 is 27.6. The van der Waals surface area contributed by atoms with Crippen molar-refractivity contribution >= 4 is 15.9 Å². The number of nitrogens with one attached hydrogen (secondary N) is 1. The maximum Gasteiger partial charge on any atom is 0.251 e. The summed E-state index contributed by atoms with van der Waals surface area (Å²) in [5.41, 5.74) is 4.25. The van der Waals surface area contributed by atoms with Gasteiger partial charge in [0.15, 0.2) is 0 Å². The molecule has 2 aliphatic rings. The standard InChI is InChI=1S/C25H32N2O3S/c1-18-12-14-27(15-13-18)31(29,30)24-9-5-8-23(17-24)25(28)26-19(2)21-11-10-20-6-3-4-7-22(20)16-21/h5,8-11,16-19H,3-4,6-7,12-15H2,1-2H3,(H,26,28)/t19-/m1/s1. The van der Waals surface area contributed by atoms with Gasteiger partial charge in [-0.25, -0.2) is 8.42 Å². The van der Waals surface area contributed by atoms with Crippen LogP contribution in [-0.4, -0.2) is 31.7 Å². The molecule has 0 aromatic heterocycles. The third kappa shape index (κ3) is 4.85. The number of piperidine rings is 1. The Bertz CT molecular complexity index is 1060. The summed E-state index contributed by atoms with van der Waals surface area (Å²) >= 11 is 0. The first kappa shape index (κ1) is 22.0. The van der Waals surface area contributed by atoms with E-state index >= 15 is 0 Å². The second-order valence-electron chi connectivity index (χ2n) is 9.04. The average Bonchev–Trinajstić information content (AvgIpc) is 2.79. The number of aryl methyl sites for hydroxylation is 2. The maximum absolute atomic E-state index is 13.0. The van der Waals surface area contributed by atoms with E-state index in [-0.39, 0.29) is 16.8 Å². The van der Waals surface area contributed by atoms with Gasteiger partial charge in [0.25, 0.3) is 5.91 Å². The van der Waals surface area contributed by atoms with E-state index in [4.69, 9.17) is 0 Å². The van der Waals surface area contributed by atoms with Crippen molar-refractivity contribution in [1.82, 2.24) is 9.62 Å². The summed E-state index contributed by atoms with van der Waals surface area (Å²) in [4.78, 5) is 13.1. The summed E-state index contributed by atoms with van der Waals surface area (Å²) in [7, 11) is -3.58. The van der Waals surface area contributed by atoms with Gasteiger partial charge < -0.3 is 5.32 Å². The zero-order valence-corrected chi connectivity index (χ0v) is 19.2. The Balaban J connectivity index is 1.48. The van der Waals surface area contributed by atoms with Crippen LogP contribution < -0.4 is 5.32 Å². The molecule has 0 radical (unpaired) electrons. The Morgan fingerprint density at radius 3 is 2.48 bits per heavy atom. The van der Waals surface area contributed by atoms with Crippen molar-refractivity contribution in [2.45, 2.75) is 63.3 Å². The van der Waals surface area contributed by atoms with E-state index in [2.05, 4.69) is 30.4 Å². The molecule has 1 N–H and O–H groups in total. The molecule has 4 rings (SSSR count). The number of sulfonamides is 1. The monoisotopic (exact) mass is 440 g/mol. The predicted molar refractivity (Wildman–Crippen MR) is 123 cm³/mol. The summed E-state index contributed by atoms with van der Waals surface area (Å²) in [5, 5.41) is 3.04. The second-order valence-corrected chi connectivity index (χ2v) is 11.0. The molecule has 1 aliphatic carbocycles. The van der Waals surface area contributed by atoms with Crippen LogP contribution in [0.5, 0.6) is 0 Å². The molecule has 5 nitrogen and oxygen atoms in total. The number of amides is 1. The smallest absolute Gasteiger partial charge is 0.251 e. The van der Waals surface area contributed by atoms with Gasteiger partial charge in [0.2, 0.25) is 10.0 Å². The van der Waals surface area contributed by atoms with Crippen LogP contribution in [0.3, 0.4) is 0 Å². The Kier molecular flexibility index (Phi) is 6.49. The van der Waals surface area contributed by atoms with Crippen molar-refractivity contribution < 1.29 is 13.2 Å². The van der Waals surface area contributed by atoms with Crippen LogP contribution in [0.25, 0.3) is 0 Å². The number of carbonyl (C=O) groups is 1. The number of carbonyl (C=O) groups excluding carboxylic acids is 1. The molecule has 1 amide bonds. The number of nitrogens with zero attached hydrogens (tertiary/aromatic N) is 1. The Morgan fingerprint density at radius 2 is 1.74 bits per heavy atom. The molecular formula is C25H32N2O3S. The van der Waals surface area contributed by atoms with Gasteiger partial charge in [0.1, 0.15) is 0 Å². The first-order valence-electron chi connectivity index (χ1n) is 11.4. The van der Waals surface area contributed by atoms with E-state index in [0.717, 1.165) is 31.2 Å². The van der Waals surface area contributed by atoms with Gasteiger partial charge in [0.05, 0.1) is 10.9 Å². The summed E-state index contributed by atoms with van der Waals surface area (Å²) in [6.07, 6.45) is 6.44. The Hall–Kier alpha value is -2.18. The molecule has 0 unspecified atom stereocenters. The van der Waals surface area contributed by atoms with Crippen LogP contribution >= 0.6 is 0 Å². The number of hydrogen-bond donors (Lipinski definition) is 1. The first-order chi connectivity index (χ1) is 14.8. The van der Waals surface area contributed by atoms with Crippen LogP contribution in [0.2, 0.25) is 0 Å². The van der Waals surface area contributed by atoms with Gasteiger partial charge in [-0.1, -0.05) is 31.2 Å². The summed E-state index contributed by atoms with van der Waals surface area (Å²) in [6.45, 7) is 5.20. The lowest BCUT2D eigenvalue weighted by Crippen LogP contribution is -2.38. The lowest BCUT2D eigenvalue weighted by Gasteiger charge is -2.29. The van der Waals surface area contributed by atoms with E-state index in [9.17, 15) is 13.2 Å². The van der Waals surface area contributed by atoms with Crippen molar-refractivity contribution in [1.29, 1.82) is 0 Å². The van der Waals surface area contributed by atoms with E-state index in [1.165, 1.54) is 30.0 Å². The third-order valence-electron chi connectivity index (χ3n) is 6.70. The van der Waals surface area contributed by atoms with Crippen molar-refractivity contribution in [3.05, 3.63) is 64.7 Å². The molecule has 0 bridgehead atoms. The van der Waals surface area contributed by atoms with E-state index in [0.29, 0.717) is 24.6 Å². The lowest BCUT2D eigenvalue weighted by atomic mass is 9.89. The fraction of sp³-hybridized carbons (Fsp3) is 0.480. The molecule has 2 aromatic rings. The minimum atomic E-state index is -3.58. The normalized spacial score (nSPS) is 18.9. The fourth-order valence-electron chi connectivity index (χ4n) is 4.56. The van der Waals surface area contributed by atoms with Gasteiger partial charge >= 0.3 is 0 Å². The van der Waals surface area contributed by atoms with Gasteiger partial charge in [-0.2, -0.15) is 4.31 Å². The minimum Gasteiger partial charge on any atom is -0.346 e. The topological polar surface area (TPSA) is 66.5 Å². The third-order valence-corrected chi connectivity index (χ3v) is 8.59. The minimum absolute atomic E-state index is 0.149. The van der Waals surface area contributed by atoms with Crippen molar-refractivity contribution in [3.63, 3.8) is 0 Å². The van der Waals surface area contributed by atoms with Crippen molar-refractivity contribution in [3.8, 4) is 0 Å². The Labute approximate surface area is 185 Å². The quantitative estimate of drug-likeness (QED) is 0.746. The van der Waals surface area contributed by atoms with Crippen LogP contribution in [0.15, 0.2) is 47.4 Å². The number of benzene rings is 2. The molecule has 2 aromatic carbocycles. The average molecular weight is 441 g/mol. The number of hydrogen-bond acceptors (Lipinski definition) is 3. The van der Waals surface area contributed by atoms with Crippen molar-refractivity contribution in [2.24, 2.45) is 5.92 Å². The predicted octanol–water partition coefficient (Wildman–Crippen LogP) is 4.48. The SMILES string of the molecule is CC1CCN(S(=O)(=O)c2cccc(C(=O)N[C@H](C)c3ccc4c(c3)CCCC4)c2)CC1. The molecule has 31 heavy (non-hydrogen) atoms. The van der Waals surface area contributed by atoms with Crippen LogP contribution in [0.4, 0.5) is 0 Å². The highest BCUT2D eigenvalue weighted by atomic mass is 32.2. The van der Waals surface area contributed by atoms with Gasteiger partial charge in [-0.15, -0.1) is 0 Å². The van der Waals surface area contributed by atoms with Crippen LogP contribution in [-0.2, 0) is 22.9 Å². The molecular weight excluding hydrogens is 408 g/mol. The second kappa shape index (κ2) is 9.13. The number of fused-ring (bicyclic) bond motifs is 1. The molecule has 1 heterocycles. The molecule has 1 fully saturated rings. The Morgan fingerprint density at radius 1 is 1.03 bits per heavy atom. The summed E-state index contributed by atoms with van der Waals surface area (Å²) in [5.74, 6) is 0.295. The van der Waals surface area contributed by atoms with E-state index in [1.807, 2.05) is 6.92 Å². The van der Waals surface area contributed by atoms with Gasteiger partial charge in [0, 0.05) is 18.7 Å². The van der Waals surface area contributed by atoms with Crippen LogP contribution in [0.1, 0.15) is 72.6 Å². The maximum atomic E-state index is 13.0. The van der Waals surface area contributed by atoms with Crippen molar-refractivity contribution in [2.75, 3.05) is 13.1 Å². The molecule has 1 saturated heterocycles. The molecule has 6 heteroatoms. The molecule has 0 saturated carbocycles. The van der Waals surface area contributed by atoms with E-state index in [1.54, 1.807) is 22.5 Å². The molecule has 166 valence electrons. The highest BCUT2D eigenvalue weighted by Gasteiger charge is 2.28. The highest BCUT2D eigenvalue weighted by Crippen LogP contribution is 2.26. The fourth-order valence-corrected chi connectivity index (χ4v) is 6.07. The largest absolute Gasteiger partial charge is 0.346 e. The zero-order valence-electron chi connectivity index (χ0n) is 18.4. The highest BCUT2D eigenvalue weighted by molar-refractivity contribution is 7.89. The first-order valence-corrected chi connectivity index (χ1v) is 12.8. The zero-order chi connectivity index (χ0) is 22.0. The number of rotatable bonds is 5. The molecule has 1 atom stereocenters. The molecule has 0 spiro atoms. The summed E-state index contributed by atoms with van der Waals surface area (Å²) in [6, 6.07) is 12.7. The lowest BCUT2D eigenvalue weighted by molar-refractivity contribution is 0.0939.